The largest absolute Gasteiger partial charge is 0.284 e. The van der Waals surface area contributed by atoms with E-state index >= 15 is 0 Å². The van der Waals surface area contributed by atoms with Gasteiger partial charge in [-0.05, 0) is 43.7 Å². The molecule has 1 N–H and O–H groups in total. The first-order chi connectivity index (χ1) is 7.61. The van der Waals surface area contributed by atoms with Crippen LogP contribution in [0.15, 0.2) is 34.2 Å². The summed E-state index contributed by atoms with van der Waals surface area (Å²) < 4.78 is 0.636. The SMILES string of the molecule is CC#CC(=N)N=C([SH2+])Sc1ccc(C)cc1. The molecular formula is C12H13N2S2+. The maximum atomic E-state index is 7.41. The third-order valence-electron chi connectivity index (χ3n) is 1.69. The molecular weight excluding hydrogens is 236 g/mol. The van der Waals surface area contributed by atoms with Crippen molar-refractivity contribution in [3.05, 3.63) is 29.8 Å². The molecule has 0 unspecified atom stereocenters. The predicted molar refractivity (Wildman–Crippen MR) is 75.8 cm³/mol. The molecule has 0 aliphatic carbocycles. The molecule has 0 atom stereocenters. The Morgan fingerprint density at radius 3 is 2.56 bits per heavy atom. The lowest BCUT2D eigenvalue weighted by molar-refractivity contribution is 1.38. The highest BCUT2D eigenvalue weighted by Crippen LogP contribution is 2.19. The van der Waals surface area contributed by atoms with E-state index in [4.69, 9.17) is 5.41 Å². The molecule has 0 saturated carbocycles. The lowest BCUT2D eigenvalue weighted by atomic mass is 10.2. The molecule has 4 heteroatoms. The van der Waals surface area contributed by atoms with E-state index in [-0.39, 0.29) is 5.84 Å². The highest BCUT2D eigenvalue weighted by Gasteiger charge is 2.04. The Kier molecular flexibility index (Phi) is 5.17. The van der Waals surface area contributed by atoms with E-state index in [0.717, 1.165) is 4.90 Å². The molecule has 0 amide bonds. The van der Waals surface area contributed by atoms with Gasteiger partial charge in [-0.15, -0.1) is 0 Å². The summed E-state index contributed by atoms with van der Waals surface area (Å²) in [6.45, 7) is 3.73. The molecule has 0 heterocycles. The number of aliphatic imine (C=N–C) groups is 1. The molecule has 0 saturated heterocycles. The first-order valence-electron chi connectivity index (χ1n) is 4.68. The second-order valence-corrected chi connectivity index (χ2v) is 4.95. The third-order valence-corrected chi connectivity index (χ3v) is 2.90. The van der Waals surface area contributed by atoms with Crippen LogP contribution in [-0.2, 0) is 12.6 Å². The molecule has 0 bridgehead atoms. The molecule has 0 aromatic heterocycles. The lowest BCUT2D eigenvalue weighted by Gasteiger charge is -1.96. The number of aryl methyl sites for hydroxylation is 1. The summed E-state index contributed by atoms with van der Waals surface area (Å²) in [6.07, 6.45) is 0. The van der Waals surface area contributed by atoms with Gasteiger partial charge in [0.25, 0.3) is 4.38 Å². The van der Waals surface area contributed by atoms with Gasteiger partial charge in [-0.3, -0.25) is 5.41 Å². The van der Waals surface area contributed by atoms with E-state index < -0.39 is 0 Å². The lowest BCUT2D eigenvalue weighted by Crippen LogP contribution is -1.93. The van der Waals surface area contributed by atoms with E-state index in [1.54, 1.807) is 6.92 Å². The third kappa shape index (κ3) is 4.56. The maximum Gasteiger partial charge on any atom is 0.284 e. The van der Waals surface area contributed by atoms with Gasteiger partial charge < -0.3 is 0 Å². The van der Waals surface area contributed by atoms with Gasteiger partial charge in [0.05, 0.1) is 0 Å². The zero-order chi connectivity index (χ0) is 12.0. The average Bonchev–Trinajstić information content (AvgIpc) is 2.21. The van der Waals surface area contributed by atoms with Crippen LogP contribution in [0, 0.1) is 24.2 Å². The van der Waals surface area contributed by atoms with Crippen molar-refractivity contribution in [3.8, 4) is 11.8 Å². The minimum Gasteiger partial charge on any atom is -0.275 e. The summed E-state index contributed by atoms with van der Waals surface area (Å²) in [6, 6.07) is 8.12. The normalized spacial score (nSPS) is 10.6. The van der Waals surface area contributed by atoms with E-state index in [9.17, 15) is 0 Å². The summed E-state index contributed by atoms with van der Waals surface area (Å²) in [4.78, 5) is 5.07. The Morgan fingerprint density at radius 2 is 2.00 bits per heavy atom. The molecule has 0 radical (unpaired) electrons. The standard InChI is InChI=1S/C12H12N2S2/c1-3-4-11(13)14-12(15)16-10-7-5-9(2)6-8-10/h5-8H,1-2H3,(H2,13,14,15)/p+1. The van der Waals surface area contributed by atoms with Crippen LogP contribution in [-0.4, -0.2) is 10.2 Å². The maximum absolute atomic E-state index is 7.41. The molecule has 82 valence electrons. The number of benzene rings is 1. The van der Waals surface area contributed by atoms with E-state index in [1.807, 2.05) is 31.2 Å². The van der Waals surface area contributed by atoms with Gasteiger partial charge >= 0.3 is 0 Å². The summed E-state index contributed by atoms with van der Waals surface area (Å²) in [5.41, 5.74) is 1.22. The van der Waals surface area contributed by atoms with Crippen molar-refractivity contribution in [2.75, 3.05) is 0 Å². The van der Waals surface area contributed by atoms with Gasteiger partial charge in [-0.2, -0.15) is 4.99 Å². The van der Waals surface area contributed by atoms with Crippen molar-refractivity contribution < 1.29 is 0 Å². The van der Waals surface area contributed by atoms with Crippen molar-refractivity contribution >= 4 is 34.6 Å². The number of rotatable bonds is 1. The Morgan fingerprint density at radius 1 is 1.38 bits per heavy atom. The van der Waals surface area contributed by atoms with Crippen LogP contribution in [0.2, 0.25) is 0 Å². The Labute approximate surface area is 105 Å². The fourth-order valence-electron chi connectivity index (χ4n) is 0.989. The Bertz CT molecular complexity index is 464. The van der Waals surface area contributed by atoms with Crippen LogP contribution in [0.4, 0.5) is 0 Å². The first-order valence-corrected chi connectivity index (χ1v) is 5.99. The molecule has 2 nitrogen and oxygen atoms in total. The quantitative estimate of drug-likeness (QED) is 0.268. The van der Waals surface area contributed by atoms with Crippen molar-refractivity contribution in [2.45, 2.75) is 18.7 Å². The van der Waals surface area contributed by atoms with Crippen LogP contribution in [0.1, 0.15) is 12.5 Å². The summed E-state index contributed by atoms with van der Waals surface area (Å²) in [5.74, 6) is 5.27. The highest BCUT2D eigenvalue weighted by molar-refractivity contribution is 8.27. The first kappa shape index (κ1) is 12.9. The molecule has 0 aliphatic heterocycles. The Hall–Kier alpha value is -1.18. The predicted octanol–water partition coefficient (Wildman–Crippen LogP) is 2.46. The van der Waals surface area contributed by atoms with Gasteiger partial charge in [0.15, 0.2) is 0 Å². The molecule has 0 aliphatic rings. The van der Waals surface area contributed by atoms with Crippen molar-refractivity contribution in [2.24, 2.45) is 4.99 Å². The number of nitrogens with one attached hydrogen (secondary N) is 1. The molecule has 1 aromatic carbocycles. The van der Waals surface area contributed by atoms with Gasteiger partial charge in [0.2, 0.25) is 5.84 Å². The molecule has 16 heavy (non-hydrogen) atoms. The van der Waals surface area contributed by atoms with Crippen molar-refractivity contribution in [1.82, 2.24) is 0 Å². The fraction of sp³-hybridized carbons (Fsp3) is 0.167. The Balaban J connectivity index is 2.69. The van der Waals surface area contributed by atoms with Gasteiger partial charge in [-0.1, -0.05) is 23.6 Å². The van der Waals surface area contributed by atoms with Crippen molar-refractivity contribution in [1.29, 1.82) is 5.41 Å². The molecule has 0 fully saturated rings. The second-order valence-electron chi connectivity index (χ2n) is 3.06. The zero-order valence-corrected chi connectivity index (χ0v) is 11.0. The summed E-state index contributed by atoms with van der Waals surface area (Å²) in [5, 5.41) is 7.41. The van der Waals surface area contributed by atoms with E-state index in [0.29, 0.717) is 4.38 Å². The van der Waals surface area contributed by atoms with E-state index in [1.165, 1.54) is 17.3 Å². The topological polar surface area (TPSA) is 36.2 Å². The van der Waals surface area contributed by atoms with Crippen molar-refractivity contribution in [3.63, 3.8) is 0 Å². The number of amidine groups is 1. The number of thioether (sulfide) groups is 1. The minimum atomic E-state index is 0.0621. The second kappa shape index (κ2) is 6.41. The van der Waals surface area contributed by atoms with Gasteiger partial charge in [0.1, 0.15) is 0 Å². The number of hydrogen-bond donors (Lipinski definition) is 1. The minimum absolute atomic E-state index is 0.0621. The van der Waals surface area contributed by atoms with Gasteiger partial charge in [0, 0.05) is 17.5 Å². The molecule has 0 spiro atoms. The van der Waals surface area contributed by atoms with Crippen LogP contribution in [0.25, 0.3) is 0 Å². The number of hydrogen-bond acceptors (Lipinski definition) is 2. The van der Waals surface area contributed by atoms with Crippen LogP contribution < -0.4 is 0 Å². The molecule has 1 aromatic rings. The smallest absolute Gasteiger partial charge is 0.275 e. The highest BCUT2D eigenvalue weighted by atomic mass is 32.2. The monoisotopic (exact) mass is 249 g/mol. The van der Waals surface area contributed by atoms with Crippen LogP contribution in [0.5, 0.6) is 0 Å². The van der Waals surface area contributed by atoms with E-state index in [2.05, 4.69) is 29.5 Å². The zero-order valence-electron chi connectivity index (χ0n) is 9.16. The fourth-order valence-corrected chi connectivity index (χ4v) is 2.09. The summed E-state index contributed by atoms with van der Waals surface area (Å²) in [7, 11) is 0. The average molecular weight is 249 g/mol. The summed E-state index contributed by atoms with van der Waals surface area (Å²) >= 11 is 4.82. The van der Waals surface area contributed by atoms with Crippen LogP contribution >= 0.6 is 11.8 Å². The van der Waals surface area contributed by atoms with Gasteiger partial charge in [-0.25, -0.2) is 0 Å². The number of nitrogens with zero attached hydrogens (tertiary/aromatic N) is 1. The molecule has 1 rings (SSSR count). The van der Waals surface area contributed by atoms with Crippen LogP contribution in [0.3, 0.4) is 0 Å².